The summed E-state index contributed by atoms with van der Waals surface area (Å²) in [6.45, 7) is 1.59. The highest BCUT2D eigenvalue weighted by atomic mass is 19.1. The first-order valence-corrected chi connectivity index (χ1v) is 3.79. The van der Waals surface area contributed by atoms with Crippen LogP contribution in [0.5, 0.6) is 0 Å². The quantitative estimate of drug-likeness (QED) is 0.570. The SMILES string of the molecule is CC1C(F)=CC2C(F)CC12O. The first-order valence-electron chi connectivity index (χ1n) is 3.79. The second-order valence-corrected chi connectivity index (χ2v) is 3.51. The van der Waals surface area contributed by atoms with Crippen molar-refractivity contribution in [1.29, 1.82) is 0 Å². The minimum absolute atomic E-state index is 0.0861. The molecule has 62 valence electrons. The number of alkyl halides is 1. The summed E-state index contributed by atoms with van der Waals surface area (Å²) in [7, 11) is 0. The van der Waals surface area contributed by atoms with Gasteiger partial charge in [0.15, 0.2) is 0 Å². The minimum atomic E-state index is -1.11. The van der Waals surface area contributed by atoms with Gasteiger partial charge in [-0.3, -0.25) is 0 Å². The lowest BCUT2D eigenvalue weighted by atomic mass is 9.66. The smallest absolute Gasteiger partial charge is 0.112 e. The molecule has 0 amide bonds. The Hall–Kier alpha value is -0.440. The van der Waals surface area contributed by atoms with Crippen LogP contribution in [0.3, 0.4) is 0 Å². The van der Waals surface area contributed by atoms with Gasteiger partial charge in [-0.2, -0.15) is 0 Å². The Kier molecular flexibility index (Phi) is 1.20. The zero-order valence-electron chi connectivity index (χ0n) is 6.22. The van der Waals surface area contributed by atoms with Gasteiger partial charge in [-0.15, -0.1) is 0 Å². The van der Waals surface area contributed by atoms with Gasteiger partial charge in [0.1, 0.15) is 12.0 Å². The molecule has 1 fully saturated rings. The van der Waals surface area contributed by atoms with Crippen LogP contribution in [0.15, 0.2) is 11.9 Å². The van der Waals surface area contributed by atoms with Crippen molar-refractivity contribution in [2.45, 2.75) is 25.1 Å². The highest BCUT2D eigenvalue weighted by Gasteiger charge is 2.60. The fourth-order valence-electron chi connectivity index (χ4n) is 2.00. The molecule has 2 aliphatic rings. The zero-order chi connectivity index (χ0) is 8.22. The van der Waals surface area contributed by atoms with Crippen molar-refractivity contribution in [2.24, 2.45) is 11.8 Å². The van der Waals surface area contributed by atoms with Crippen molar-refractivity contribution in [1.82, 2.24) is 0 Å². The number of fused-ring (bicyclic) bond motifs is 1. The van der Waals surface area contributed by atoms with E-state index in [1.54, 1.807) is 6.92 Å². The van der Waals surface area contributed by atoms with Crippen molar-refractivity contribution in [2.75, 3.05) is 0 Å². The van der Waals surface area contributed by atoms with E-state index in [-0.39, 0.29) is 12.2 Å². The Morgan fingerprint density at radius 2 is 2.36 bits per heavy atom. The normalized spacial score (nSPS) is 54.9. The number of hydrogen-bond donors (Lipinski definition) is 1. The maximum absolute atomic E-state index is 12.8. The molecule has 0 aromatic heterocycles. The van der Waals surface area contributed by atoms with Gasteiger partial charge in [0, 0.05) is 18.3 Å². The van der Waals surface area contributed by atoms with Gasteiger partial charge in [0.2, 0.25) is 0 Å². The Bertz CT molecular complexity index is 226. The number of hydrogen-bond acceptors (Lipinski definition) is 1. The van der Waals surface area contributed by atoms with Gasteiger partial charge in [-0.05, 0) is 6.08 Å². The molecule has 0 bridgehead atoms. The number of rotatable bonds is 0. The lowest BCUT2D eigenvalue weighted by molar-refractivity contribution is -0.140. The van der Waals surface area contributed by atoms with Crippen LogP contribution in [-0.4, -0.2) is 16.9 Å². The predicted octanol–water partition coefficient (Wildman–Crippen LogP) is 1.58. The second kappa shape index (κ2) is 1.83. The molecule has 2 aliphatic carbocycles. The Morgan fingerprint density at radius 1 is 1.73 bits per heavy atom. The highest BCUT2D eigenvalue weighted by molar-refractivity contribution is 5.26. The zero-order valence-corrected chi connectivity index (χ0v) is 6.22. The fraction of sp³-hybridized carbons (Fsp3) is 0.750. The van der Waals surface area contributed by atoms with Gasteiger partial charge in [0.25, 0.3) is 0 Å². The van der Waals surface area contributed by atoms with E-state index in [4.69, 9.17) is 0 Å². The van der Waals surface area contributed by atoms with Crippen LogP contribution in [0.2, 0.25) is 0 Å². The first-order chi connectivity index (χ1) is 5.05. The third-order valence-corrected chi connectivity index (χ3v) is 2.99. The molecule has 0 aromatic rings. The third-order valence-electron chi connectivity index (χ3n) is 2.99. The van der Waals surface area contributed by atoms with E-state index in [0.29, 0.717) is 0 Å². The van der Waals surface area contributed by atoms with Crippen molar-refractivity contribution >= 4 is 0 Å². The van der Waals surface area contributed by atoms with Crippen molar-refractivity contribution < 1.29 is 13.9 Å². The van der Waals surface area contributed by atoms with Crippen molar-refractivity contribution in [3.8, 4) is 0 Å². The van der Waals surface area contributed by atoms with E-state index in [2.05, 4.69) is 0 Å². The molecule has 0 spiro atoms. The summed E-state index contributed by atoms with van der Waals surface area (Å²) in [5.74, 6) is -1.46. The van der Waals surface area contributed by atoms with E-state index < -0.39 is 23.6 Å². The second-order valence-electron chi connectivity index (χ2n) is 3.51. The largest absolute Gasteiger partial charge is 0.388 e. The summed E-state index contributed by atoms with van der Waals surface area (Å²) in [5, 5.41) is 9.63. The summed E-state index contributed by atoms with van der Waals surface area (Å²) in [6.07, 6.45) is 0.261. The molecule has 0 aliphatic heterocycles. The van der Waals surface area contributed by atoms with E-state index >= 15 is 0 Å². The molecule has 4 atom stereocenters. The van der Waals surface area contributed by atoms with E-state index in [1.165, 1.54) is 6.08 Å². The molecule has 1 N–H and O–H groups in total. The van der Waals surface area contributed by atoms with Gasteiger partial charge >= 0.3 is 0 Å². The van der Waals surface area contributed by atoms with Crippen LogP contribution >= 0.6 is 0 Å². The maximum atomic E-state index is 12.8. The van der Waals surface area contributed by atoms with E-state index in [9.17, 15) is 13.9 Å². The first kappa shape index (κ1) is 7.22. The summed E-state index contributed by atoms with van der Waals surface area (Å²) in [5.41, 5.74) is -1.11. The molecular formula is C8H10F2O. The predicted molar refractivity (Wildman–Crippen MR) is 36.3 cm³/mol. The average molecular weight is 160 g/mol. The van der Waals surface area contributed by atoms with Gasteiger partial charge in [-0.1, -0.05) is 6.92 Å². The molecule has 0 aromatic carbocycles. The molecule has 2 rings (SSSR count). The lowest BCUT2D eigenvalue weighted by Gasteiger charge is -2.45. The summed E-state index contributed by atoms with van der Waals surface area (Å²) in [6, 6.07) is 0. The standard InChI is InChI=1S/C8H10F2O/c1-4-6(9)2-5-7(10)3-8(4,5)11/h2,4-5,7,11H,3H2,1H3. The summed E-state index contributed by atoms with van der Waals surface area (Å²) >= 11 is 0. The van der Waals surface area contributed by atoms with Crippen LogP contribution in [0.25, 0.3) is 0 Å². The van der Waals surface area contributed by atoms with Crippen LogP contribution < -0.4 is 0 Å². The van der Waals surface area contributed by atoms with Gasteiger partial charge in [-0.25, -0.2) is 8.78 Å². The topological polar surface area (TPSA) is 20.2 Å². The lowest BCUT2D eigenvalue weighted by Crippen LogP contribution is -2.55. The van der Waals surface area contributed by atoms with E-state index in [1.807, 2.05) is 0 Å². The molecule has 3 heteroatoms. The molecule has 0 heterocycles. The molecule has 0 saturated heterocycles. The van der Waals surface area contributed by atoms with Crippen molar-refractivity contribution in [3.63, 3.8) is 0 Å². The van der Waals surface area contributed by atoms with Crippen LogP contribution in [0.1, 0.15) is 13.3 Å². The van der Waals surface area contributed by atoms with Gasteiger partial charge in [0.05, 0.1) is 5.60 Å². The Balaban J connectivity index is 2.28. The fourth-order valence-corrected chi connectivity index (χ4v) is 2.00. The molecule has 1 saturated carbocycles. The monoisotopic (exact) mass is 160 g/mol. The number of aliphatic hydroxyl groups is 1. The Morgan fingerprint density at radius 3 is 2.73 bits per heavy atom. The third kappa shape index (κ3) is 0.670. The Labute approximate surface area is 63.7 Å². The molecule has 4 unspecified atom stereocenters. The number of halogens is 2. The highest BCUT2D eigenvalue weighted by Crippen LogP contribution is 2.54. The van der Waals surface area contributed by atoms with Crippen molar-refractivity contribution in [3.05, 3.63) is 11.9 Å². The average Bonchev–Trinajstić information content (AvgIpc) is 2.12. The van der Waals surface area contributed by atoms with Crippen LogP contribution in [0, 0.1) is 11.8 Å². The van der Waals surface area contributed by atoms with Crippen LogP contribution in [-0.2, 0) is 0 Å². The molecule has 0 radical (unpaired) electrons. The van der Waals surface area contributed by atoms with Crippen LogP contribution in [0.4, 0.5) is 8.78 Å². The summed E-state index contributed by atoms with van der Waals surface area (Å²) in [4.78, 5) is 0. The minimum Gasteiger partial charge on any atom is -0.388 e. The van der Waals surface area contributed by atoms with E-state index in [0.717, 1.165) is 0 Å². The molecule has 1 nitrogen and oxygen atoms in total. The molecular weight excluding hydrogens is 150 g/mol. The molecule has 11 heavy (non-hydrogen) atoms. The summed E-state index contributed by atoms with van der Waals surface area (Å²) < 4.78 is 25.5. The van der Waals surface area contributed by atoms with Gasteiger partial charge < -0.3 is 5.11 Å². The maximum Gasteiger partial charge on any atom is 0.112 e.